The topological polar surface area (TPSA) is 51.2 Å². The van der Waals surface area contributed by atoms with Crippen molar-refractivity contribution in [2.45, 2.75) is 19.1 Å². The minimum absolute atomic E-state index is 0.275. The van der Waals surface area contributed by atoms with Gasteiger partial charge in [0.25, 0.3) is 0 Å². The molecule has 140 valence electrons. The van der Waals surface area contributed by atoms with Crippen molar-refractivity contribution in [1.82, 2.24) is 4.90 Å². The van der Waals surface area contributed by atoms with Crippen LogP contribution in [0.15, 0.2) is 40.9 Å². The number of benzene rings is 2. The molecule has 0 bridgehead atoms. The molecule has 1 aliphatic heterocycles. The maximum atomic E-state index is 10.3. The van der Waals surface area contributed by atoms with Gasteiger partial charge in [-0.15, -0.1) is 0 Å². The Balaban J connectivity index is 1.55. The highest BCUT2D eigenvalue weighted by atomic mass is 79.9. The minimum Gasteiger partial charge on any atom is -0.493 e. The third-order valence-electron chi connectivity index (χ3n) is 4.52. The average molecular weight is 422 g/mol. The highest BCUT2D eigenvalue weighted by Gasteiger charge is 2.21. The second-order valence-electron chi connectivity index (χ2n) is 6.38. The summed E-state index contributed by atoms with van der Waals surface area (Å²) in [5.41, 5.74) is 2.49. The smallest absolute Gasteiger partial charge is 0.161 e. The zero-order chi connectivity index (χ0) is 18.5. The van der Waals surface area contributed by atoms with Crippen molar-refractivity contribution in [3.05, 3.63) is 52.0 Å². The van der Waals surface area contributed by atoms with Crippen LogP contribution in [0.1, 0.15) is 11.1 Å². The fourth-order valence-corrected chi connectivity index (χ4v) is 3.44. The number of hydrogen-bond donors (Lipinski definition) is 1. The molecule has 0 radical (unpaired) electrons. The number of ether oxygens (including phenoxy) is 3. The second kappa shape index (κ2) is 8.75. The van der Waals surface area contributed by atoms with Crippen LogP contribution in [0.5, 0.6) is 17.2 Å². The monoisotopic (exact) mass is 421 g/mol. The lowest BCUT2D eigenvalue weighted by atomic mass is 9.98. The summed E-state index contributed by atoms with van der Waals surface area (Å²) in [6, 6.07) is 11.7. The van der Waals surface area contributed by atoms with Crippen molar-refractivity contribution in [3.8, 4) is 17.2 Å². The number of hydrogen-bond acceptors (Lipinski definition) is 5. The van der Waals surface area contributed by atoms with Crippen molar-refractivity contribution < 1.29 is 19.3 Å². The maximum absolute atomic E-state index is 10.3. The van der Waals surface area contributed by atoms with E-state index < -0.39 is 6.10 Å². The first-order valence-electron chi connectivity index (χ1n) is 8.61. The van der Waals surface area contributed by atoms with E-state index in [1.54, 1.807) is 14.2 Å². The predicted molar refractivity (Wildman–Crippen MR) is 104 cm³/mol. The summed E-state index contributed by atoms with van der Waals surface area (Å²) in [4.78, 5) is 2.24. The number of β-amino-alcohol motifs (C(OH)–C–C–N with tert-alkyl or cyclic N) is 1. The molecule has 26 heavy (non-hydrogen) atoms. The van der Waals surface area contributed by atoms with Gasteiger partial charge in [-0.05, 0) is 53.9 Å². The normalized spacial score (nSPS) is 15.2. The molecule has 0 unspecified atom stereocenters. The summed E-state index contributed by atoms with van der Waals surface area (Å²) in [6.45, 7) is 2.53. The van der Waals surface area contributed by atoms with Crippen LogP contribution >= 0.6 is 15.9 Å². The molecule has 0 aromatic heterocycles. The Morgan fingerprint density at radius 3 is 2.38 bits per heavy atom. The number of fused-ring (bicyclic) bond motifs is 1. The van der Waals surface area contributed by atoms with Crippen LogP contribution in [0.25, 0.3) is 0 Å². The fourth-order valence-electron chi connectivity index (χ4n) is 3.17. The van der Waals surface area contributed by atoms with Crippen LogP contribution in [-0.2, 0) is 13.0 Å². The van der Waals surface area contributed by atoms with Crippen LogP contribution in [0.3, 0.4) is 0 Å². The van der Waals surface area contributed by atoms with Crippen LogP contribution in [0.2, 0.25) is 0 Å². The van der Waals surface area contributed by atoms with Gasteiger partial charge < -0.3 is 19.3 Å². The van der Waals surface area contributed by atoms with Crippen molar-refractivity contribution in [3.63, 3.8) is 0 Å². The molecule has 0 fully saturated rings. The van der Waals surface area contributed by atoms with Gasteiger partial charge in [0.05, 0.1) is 14.2 Å². The molecule has 3 rings (SSSR count). The van der Waals surface area contributed by atoms with Crippen molar-refractivity contribution in [2.75, 3.05) is 33.9 Å². The van der Waals surface area contributed by atoms with Gasteiger partial charge in [-0.1, -0.05) is 15.9 Å². The zero-order valence-corrected chi connectivity index (χ0v) is 16.7. The van der Waals surface area contributed by atoms with E-state index in [0.717, 1.165) is 41.2 Å². The number of rotatable bonds is 7. The standard InChI is InChI=1S/C20H24BrNO4/c1-24-19-9-14-7-8-22(11-15(14)10-20(19)25-2)12-17(23)13-26-18-5-3-16(21)4-6-18/h3-6,9-10,17,23H,7-8,11-13H2,1-2H3/t17-/m1/s1. The van der Waals surface area contributed by atoms with E-state index >= 15 is 0 Å². The van der Waals surface area contributed by atoms with E-state index in [-0.39, 0.29) is 6.61 Å². The fraction of sp³-hybridized carbons (Fsp3) is 0.400. The van der Waals surface area contributed by atoms with Gasteiger partial charge in [0, 0.05) is 24.1 Å². The number of aliphatic hydroxyl groups excluding tert-OH is 1. The van der Waals surface area contributed by atoms with Crippen molar-refractivity contribution in [1.29, 1.82) is 0 Å². The summed E-state index contributed by atoms with van der Waals surface area (Å²) < 4.78 is 17.4. The van der Waals surface area contributed by atoms with Crippen LogP contribution in [0.4, 0.5) is 0 Å². The third-order valence-corrected chi connectivity index (χ3v) is 5.05. The quantitative estimate of drug-likeness (QED) is 0.743. The molecule has 5 nitrogen and oxygen atoms in total. The van der Waals surface area contributed by atoms with Gasteiger partial charge in [-0.3, -0.25) is 4.90 Å². The molecule has 0 amide bonds. The SMILES string of the molecule is COc1cc2c(cc1OC)CN(C[C@@H](O)COc1ccc(Br)cc1)CC2. The molecule has 1 heterocycles. The van der Waals surface area contributed by atoms with E-state index in [1.807, 2.05) is 30.3 Å². The Labute approximate surface area is 162 Å². The largest absolute Gasteiger partial charge is 0.493 e. The first-order valence-corrected chi connectivity index (χ1v) is 9.41. The summed E-state index contributed by atoms with van der Waals surface area (Å²) in [5.74, 6) is 2.27. The second-order valence-corrected chi connectivity index (χ2v) is 7.30. The maximum Gasteiger partial charge on any atom is 0.161 e. The van der Waals surface area contributed by atoms with E-state index in [4.69, 9.17) is 14.2 Å². The number of methoxy groups -OCH3 is 2. The lowest BCUT2D eigenvalue weighted by Crippen LogP contribution is -2.38. The molecule has 0 saturated carbocycles. The average Bonchev–Trinajstić information content (AvgIpc) is 2.66. The summed E-state index contributed by atoms with van der Waals surface area (Å²) in [6.07, 6.45) is 0.385. The molecule has 0 aliphatic carbocycles. The molecule has 0 saturated heterocycles. The Hall–Kier alpha value is -1.76. The molecule has 2 aromatic carbocycles. The summed E-state index contributed by atoms with van der Waals surface area (Å²) in [7, 11) is 3.30. The molecule has 2 aromatic rings. The van der Waals surface area contributed by atoms with E-state index in [1.165, 1.54) is 11.1 Å². The molecule has 1 atom stereocenters. The van der Waals surface area contributed by atoms with Gasteiger partial charge in [0.15, 0.2) is 11.5 Å². The van der Waals surface area contributed by atoms with E-state index in [0.29, 0.717) is 6.54 Å². The minimum atomic E-state index is -0.541. The van der Waals surface area contributed by atoms with Gasteiger partial charge in [0.1, 0.15) is 18.5 Å². The van der Waals surface area contributed by atoms with E-state index in [9.17, 15) is 5.11 Å². The Kier molecular flexibility index (Phi) is 6.40. The number of nitrogens with zero attached hydrogens (tertiary/aromatic N) is 1. The predicted octanol–water partition coefficient (Wildman–Crippen LogP) is 3.26. The van der Waals surface area contributed by atoms with Gasteiger partial charge in [0.2, 0.25) is 0 Å². The van der Waals surface area contributed by atoms with Gasteiger partial charge >= 0.3 is 0 Å². The zero-order valence-electron chi connectivity index (χ0n) is 15.1. The van der Waals surface area contributed by atoms with Crippen molar-refractivity contribution >= 4 is 15.9 Å². The first-order chi connectivity index (χ1) is 12.6. The Morgan fingerprint density at radius 1 is 1.08 bits per heavy atom. The van der Waals surface area contributed by atoms with Gasteiger partial charge in [-0.2, -0.15) is 0 Å². The Morgan fingerprint density at radius 2 is 1.73 bits per heavy atom. The lowest BCUT2D eigenvalue weighted by Gasteiger charge is -2.31. The number of aliphatic hydroxyl groups is 1. The molecule has 0 spiro atoms. The Bertz CT molecular complexity index is 735. The van der Waals surface area contributed by atoms with Crippen molar-refractivity contribution in [2.24, 2.45) is 0 Å². The third kappa shape index (κ3) is 4.69. The van der Waals surface area contributed by atoms with Crippen LogP contribution in [0, 0.1) is 0 Å². The van der Waals surface area contributed by atoms with E-state index in [2.05, 4.69) is 26.9 Å². The number of halogens is 1. The van der Waals surface area contributed by atoms with Crippen LogP contribution < -0.4 is 14.2 Å². The molecular formula is C20H24BrNO4. The summed E-state index contributed by atoms with van der Waals surface area (Å²) in [5, 5.41) is 10.3. The molecule has 1 aliphatic rings. The van der Waals surface area contributed by atoms with Crippen LogP contribution in [-0.4, -0.2) is 50.0 Å². The molecular weight excluding hydrogens is 398 g/mol. The first kappa shape index (κ1) is 19.0. The summed E-state index contributed by atoms with van der Waals surface area (Å²) >= 11 is 3.40. The molecule has 6 heteroatoms. The lowest BCUT2D eigenvalue weighted by molar-refractivity contribution is 0.0637. The molecule has 1 N–H and O–H groups in total. The highest BCUT2D eigenvalue weighted by molar-refractivity contribution is 9.10. The highest BCUT2D eigenvalue weighted by Crippen LogP contribution is 2.33. The van der Waals surface area contributed by atoms with Gasteiger partial charge in [-0.25, -0.2) is 0 Å².